The second kappa shape index (κ2) is 6.70. The van der Waals surface area contributed by atoms with Crippen LogP contribution in [-0.2, 0) is 10.3 Å². The Bertz CT molecular complexity index is 1550. The summed E-state index contributed by atoms with van der Waals surface area (Å²) in [5.41, 5.74) is 0.201. The highest BCUT2D eigenvalue weighted by atomic mass is 16.6. The molecule has 1 spiro atoms. The Hall–Kier alpha value is -5.12. The Morgan fingerprint density at radius 1 is 0.771 bits per heavy atom. The van der Waals surface area contributed by atoms with Gasteiger partial charge in [-0.15, -0.1) is 0 Å². The Labute approximate surface area is 196 Å². The maximum atomic E-state index is 13.0. The van der Waals surface area contributed by atoms with Crippen LogP contribution in [0, 0.1) is 0 Å². The van der Waals surface area contributed by atoms with Crippen molar-refractivity contribution in [1.29, 1.82) is 0 Å². The number of benzene rings is 3. The van der Waals surface area contributed by atoms with Gasteiger partial charge in [-0.2, -0.15) is 4.57 Å². The van der Waals surface area contributed by atoms with Gasteiger partial charge in [0.1, 0.15) is 23.0 Å². The molecule has 0 atom stereocenters. The molecule has 0 saturated heterocycles. The largest absolute Gasteiger partial charge is 0.508 e. The molecule has 3 heterocycles. The van der Waals surface area contributed by atoms with Gasteiger partial charge in [0.15, 0.2) is 5.60 Å². The van der Waals surface area contributed by atoms with Crippen LogP contribution >= 0.6 is 0 Å². The zero-order valence-electron chi connectivity index (χ0n) is 17.6. The van der Waals surface area contributed by atoms with E-state index in [1.165, 1.54) is 36.4 Å². The molecular weight excluding hydrogens is 458 g/mol. The molecule has 0 unspecified atom stereocenters. The zero-order chi connectivity index (χ0) is 24.6. The number of hydrogen-bond donors (Lipinski definition) is 5. The van der Waals surface area contributed by atoms with Gasteiger partial charge in [0.25, 0.3) is 0 Å². The fourth-order valence-electron chi connectivity index (χ4n) is 4.75. The van der Waals surface area contributed by atoms with E-state index in [1.807, 2.05) is 0 Å². The van der Waals surface area contributed by atoms with Crippen molar-refractivity contribution >= 4 is 12.1 Å². The van der Waals surface area contributed by atoms with Crippen molar-refractivity contribution in [3.8, 4) is 45.9 Å². The number of phenols is 2. The number of aromatic nitrogens is 1. The maximum Gasteiger partial charge on any atom is 0.421 e. The van der Waals surface area contributed by atoms with E-state index in [1.54, 1.807) is 18.2 Å². The fraction of sp³-hybridized carbons (Fsp3) is 0.0400. The number of nitrogens with zero attached hydrogens (tertiary/aromatic N) is 1. The van der Waals surface area contributed by atoms with E-state index >= 15 is 0 Å². The number of carbonyl (C=O) groups is 2. The van der Waals surface area contributed by atoms with Gasteiger partial charge in [-0.1, -0.05) is 6.07 Å². The summed E-state index contributed by atoms with van der Waals surface area (Å²) in [5.74, 6) is -1.79. The van der Waals surface area contributed by atoms with Crippen molar-refractivity contribution in [2.45, 2.75) is 5.60 Å². The van der Waals surface area contributed by atoms with Crippen LogP contribution in [0.5, 0.6) is 34.8 Å². The molecule has 0 aliphatic carbocycles. The van der Waals surface area contributed by atoms with Crippen LogP contribution in [0.15, 0.2) is 60.7 Å². The van der Waals surface area contributed by atoms with Crippen LogP contribution in [0.3, 0.4) is 0 Å². The molecular formula is C25H15NO9. The van der Waals surface area contributed by atoms with Crippen molar-refractivity contribution < 1.29 is 44.6 Å². The molecule has 2 aliphatic rings. The van der Waals surface area contributed by atoms with E-state index in [2.05, 4.69) is 0 Å². The number of fused-ring (bicyclic) bond motifs is 6. The molecule has 2 aliphatic heterocycles. The number of esters is 1. The van der Waals surface area contributed by atoms with Crippen LogP contribution < -0.4 is 4.74 Å². The highest BCUT2D eigenvalue weighted by Crippen LogP contribution is 2.57. The lowest BCUT2D eigenvalue weighted by Gasteiger charge is -2.36. The molecule has 5 N–H and O–H groups in total. The SMILES string of the molecule is O=C1OC2(c3ccc(O)cc3Oc3cc(O)ccc32)c2cc(-c3cc(O)n(C(=O)O)c3O)ccc21. The number of rotatable bonds is 1. The van der Waals surface area contributed by atoms with Crippen LogP contribution in [0.4, 0.5) is 4.79 Å². The summed E-state index contributed by atoms with van der Waals surface area (Å²) in [6.07, 6.45) is -1.57. The monoisotopic (exact) mass is 473 g/mol. The molecule has 4 aromatic rings. The lowest BCUT2D eigenvalue weighted by Crippen LogP contribution is -2.32. The van der Waals surface area contributed by atoms with Gasteiger partial charge in [-0.3, -0.25) is 0 Å². The third kappa shape index (κ3) is 2.64. The molecule has 0 radical (unpaired) electrons. The van der Waals surface area contributed by atoms with Gasteiger partial charge in [0.05, 0.1) is 5.56 Å². The molecule has 35 heavy (non-hydrogen) atoms. The van der Waals surface area contributed by atoms with Crippen LogP contribution in [0.2, 0.25) is 0 Å². The van der Waals surface area contributed by atoms with E-state index in [-0.39, 0.29) is 34.1 Å². The smallest absolute Gasteiger partial charge is 0.421 e. The van der Waals surface area contributed by atoms with Gasteiger partial charge in [-0.05, 0) is 42.0 Å². The van der Waals surface area contributed by atoms with Crippen LogP contribution in [0.25, 0.3) is 11.1 Å². The first-order chi connectivity index (χ1) is 16.7. The number of carbonyl (C=O) groups excluding carboxylic acids is 1. The molecule has 0 bridgehead atoms. The summed E-state index contributed by atoms with van der Waals surface area (Å²) in [6, 6.07) is 14.3. The quantitative estimate of drug-likeness (QED) is 0.257. The molecule has 6 rings (SSSR count). The normalized spacial score (nSPS) is 14.6. The second-order valence-corrected chi connectivity index (χ2v) is 8.15. The summed E-state index contributed by atoms with van der Waals surface area (Å²) >= 11 is 0. The first-order valence-corrected chi connectivity index (χ1v) is 10.3. The summed E-state index contributed by atoms with van der Waals surface area (Å²) < 4.78 is 12.2. The van der Waals surface area contributed by atoms with Crippen molar-refractivity contribution in [3.05, 3.63) is 82.9 Å². The van der Waals surface area contributed by atoms with Crippen molar-refractivity contribution in [2.24, 2.45) is 0 Å². The Balaban J connectivity index is 1.66. The predicted molar refractivity (Wildman–Crippen MR) is 118 cm³/mol. The summed E-state index contributed by atoms with van der Waals surface area (Å²) in [7, 11) is 0. The van der Waals surface area contributed by atoms with E-state index in [0.29, 0.717) is 26.8 Å². The zero-order valence-corrected chi connectivity index (χ0v) is 17.6. The molecule has 0 fully saturated rings. The standard InChI is InChI=1S/C25H15NO9/c27-12-2-5-16-19(8-12)34-20-9-13(28)3-6-17(20)25(16)18-7-11(1-4-14(18)23(31)35-25)15-10-21(29)26(22(15)30)24(32)33/h1-10,27-30H,(H,32,33). The first kappa shape index (κ1) is 20.5. The summed E-state index contributed by atoms with van der Waals surface area (Å²) in [5, 5.41) is 49.8. The molecule has 174 valence electrons. The summed E-state index contributed by atoms with van der Waals surface area (Å²) in [6.45, 7) is 0. The summed E-state index contributed by atoms with van der Waals surface area (Å²) in [4.78, 5) is 24.4. The molecule has 3 aromatic carbocycles. The number of carboxylic acid groups (broad SMARTS) is 1. The van der Waals surface area contributed by atoms with Gasteiger partial charge in [0.2, 0.25) is 11.8 Å². The van der Waals surface area contributed by atoms with Gasteiger partial charge in [-0.25, -0.2) is 9.59 Å². The molecule has 10 heteroatoms. The Morgan fingerprint density at radius 2 is 1.40 bits per heavy atom. The number of hydrogen-bond acceptors (Lipinski definition) is 8. The molecule has 10 nitrogen and oxygen atoms in total. The highest BCUT2D eigenvalue weighted by molar-refractivity contribution is 5.98. The average Bonchev–Trinajstić information content (AvgIpc) is 3.26. The van der Waals surface area contributed by atoms with Crippen LogP contribution in [0.1, 0.15) is 27.0 Å². The Morgan fingerprint density at radius 3 is 1.97 bits per heavy atom. The minimum Gasteiger partial charge on any atom is -0.508 e. The second-order valence-electron chi connectivity index (χ2n) is 8.15. The molecule has 1 aromatic heterocycles. The topological polar surface area (TPSA) is 159 Å². The van der Waals surface area contributed by atoms with Gasteiger partial charge in [0, 0.05) is 40.5 Å². The highest BCUT2D eigenvalue weighted by Gasteiger charge is 2.53. The third-order valence-corrected chi connectivity index (χ3v) is 6.23. The van der Waals surface area contributed by atoms with Crippen LogP contribution in [-0.4, -0.2) is 42.2 Å². The first-order valence-electron chi connectivity index (χ1n) is 10.3. The molecule has 0 amide bonds. The lowest BCUT2D eigenvalue weighted by atomic mass is 9.77. The number of ether oxygens (including phenoxy) is 2. The number of phenolic OH excluding ortho intramolecular Hbond substituents is 2. The minimum absolute atomic E-state index is 0.0196. The minimum atomic E-state index is -1.57. The van der Waals surface area contributed by atoms with E-state index in [4.69, 9.17) is 9.47 Å². The van der Waals surface area contributed by atoms with E-state index < -0.39 is 29.4 Å². The van der Waals surface area contributed by atoms with Crippen molar-refractivity contribution in [3.63, 3.8) is 0 Å². The third-order valence-electron chi connectivity index (χ3n) is 6.23. The predicted octanol–water partition coefficient (Wildman–Crippen LogP) is 4.07. The average molecular weight is 473 g/mol. The van der Waals surface area contributed by atoms with E-state index in [9.17, 15) is 35.1 Å². The van der Waals surface area contributed by atoms with Gasteiger partial charge < -0.3 is 35.0 Å². The molecule has 0 saturated carbocycles. The van der Waals surface area contributed by atoms with Gasteiger partial charge >= 0.3 is 12.1 Å². The Kier molecular flexibility index (Phi) is 3.92. The maximum absolute atomic E-state index is 13.0. The number of aromatic hydroxyl groups is 4. The van der Waals surface area contributed by atoms with Crippen molar-refractivity contribution in [1.82, 2.24) is 4.57 Å². The van der Waals surface area contributed by atoms with Crippen molar-refractivity contribution in [2.75, 3.05) is 0 Å². The fourth-order valence-corrected chi connectivity index (χ4v) is 4.75. The van der Waals surface area contributed by atoms with E-state index in [0.717, 1.165) is 6.07 Å². The lowest BCUT2D eigenvalue weighted by molar-refractivity contribution is 0.0224.